The van der Waals surface area contributed by atoms with E-state index in [0.29, 0.717) is 19.1 Å². The Morgan fingerprint density at radius 2 is 2.26 bits per heavy atom. The maximum atomic E-state index is 12.4. The average Bonchev–Trinajstić information content (AvgIpc) is 2.91. The summed E-state index contributed by atoms with van der Waals surface area (Å²) in [5.74, 6) is 0.159. The molecule has 1 atom stereocenters. The summed E-state index contributed by atoms with van der Waals surface area (Å²) in [6.07, 6.45) is 3.75. The number of likely N-dealkylation sites (N-methyl/N-ethyl adjacent to an activating group) is 1. The minimum Gasteiger partial charge on any atom is -0.383 e. The zero-order valence-corrected chi connectivity index (χ0v) is 14.7. The Morgan fingerprint density at radius 3 is 2.87 bits per heavy atom. The zero-order chi connectivity index (χ0) is 16.8. The van der Waals surface area contributed by atoms with E-state index in [1.807, 2.05) is 20.3 Å². The first-order valence-electron chi connectivity index (χ1n) is 8.16. The second-order valence-electron chi connectivity index (χ2n) is 6.38. The van der Waals surface area contributed by atoms with Gasteiger partial charge in [0.2, 0.25) is 5.91 Å². The first-order chi connectivity index (χ1) is 11.0. The van der Waals surface area contributed by atoms with Crippen LogP contribution in [-0.2, 0) is 23.1 Å². The first kappa shape index (κ1) is 17.9. The number of carbonyl (C=O) groups is 1. The van der Waals surface area contributed by atoms with E-state index in [4.69, 9.17) is 4.74 Å². The number of rotatable bonds is 7. The van der Waals surface area contributed by atoms with Crippen molar-refractivity contribution in [3.8, 4) is 0 Å². The molecule has 1 unspecified atom stereocenters. The number of aromatic nitrogens is 2. The molecular weight excluding hydrogens is 294 g/mol. The predicted octanol–water partition coefficient (Wildman–Crippen LogP) is 0.0310. The molecule has 0 spiro atoms. The molecule has 1 aliphatic heterocycles. The number of ether oxygens (including phenoxy) is 1. The highest BCUT2D eigenvalue weighted by molar-refractivity contribution is 5.78. The van der Waals surface area contributed by atoms with Gasteiger partial charge in [-0.1, -0.05) is 0 Å². The van der Waals surface area contributed by atoms with Crippen LogP contribution >= 0.6 is 0 Å². The maximum absolute atomic E-state index is 12.4. The summed E-state index contributed by atoms with van der Waals surface area (Å²) < 4.78 is 6.91. The number of aryl methyl sites for hydroxylation is 1. The van der Waals surface area contributed by atoms with E-state index < -0.39 is 0 Å². The number of piperazine rings is 1. The lowest BCUT2D eigenvalue weighted by molar-refractivity contribution is -0.132. The summed E-state index contributed by atoms with van der Waals surface area (Å²) in [7, 11) is 5.47. The first-order valence-corrected chi connectivity index (χ1v) is 8.16. The van der Waals surface area contributed by atoms with Gasteiger partial charge in [-0.05, 0) is 6.92 Å². The number of amides is 1. The van der Waals surface area contributed by atoms with Gasteiger partial charge in [-0.15, -0.1) is 0 Å². The Bertz CT molecular complexity index is 504. The Balaban J connectivity index is 1.77. The number of hydrogen-bond acceptors (Lipinski definition) is 5. The zero-order valence-electron chi connectivity index (χ0n) is 14.7. The molecule has 2 rings (SSSR count). The van der Waals surface area contributed by atoms with E-state index in [0.717, 1.165) is 38.3 Å². The van der Waals surface area contributed by atoms with Crippen LogP contribution in [0.15, 0.2) is 12.4 Å². The molecule has 0 N–H and O–H groups in total. The van der Waals surface area contributed by atoms with Gasteiger partial charge in [-0.2, -0.15) is 5.10 Å². The largest absolute Gasteiger partial charge is 0.383 e. The standard InChI is InChI=1S/C16H29N5O2/c1-14-10-20(5-6-21(14)7-8-23-4)13-16(22)18(2)11-15-9-17-19(3)12-15/h9,12,14H,5-8,10-11,13H2,1-4H3. The van der Waals surface area contributed by atoms with Gasteiger partial charge in [0.05, 0.1) is 19.3 Å². The van der Waals surface area contributed by atoms with Gasteiger partial charge >= 0.3 is 0 Å². The fourth-order valence-electron chi connectivity index (χ4n) is 2.98. The summed E-state index contributed by atoms with van der Waals surface area (Å²) >= 11 is 0. The summed E-state index contributed by atoms with van der Waals surface area (Å²) in [5, 5.41) is 4.14. The van der Waals surface area contributed by atoms with Gasteiger partial charge in [0.25, 0.3) is 0 Å². The van der Waals surface area contributed by atoms with Crippen molar-refractivity contribution >= 4 is 5.91 Å². The molecule has 1 aliphatic rings. The van der Waals surface area contributed by atoms with E-state index in [9.17, 15) is 4.79 Å². The van der Waals surface area contributed by atoms with Crippen molar-refractivity contribution in [1.82, 2.24) is 24.5 Å². The van der Waals surface area contributed by atoms with Crippen LogP contribution in [0, 0.1) is 0 Å². The molecule has 23 heavy (non-hydrogen) atoms. The van der Waals surface area contributed by atoms with E-state index in [2.05, 4.69) is 21.8 Å². The second-order valence-corrected chi connectivity index (χ2v) is 6.38. The third kappa shape index (κ3) is 5.30. The molecule has 0 aliphatic carbocycles. The summed E-state index contributed by atoms with van der Waals surface area (Å²) in [6, 6.07) is 0.454. The van der Waals surface area contributed by atoms with E-state index in [1.54, 1.807) is 22.9 Å². The Morgan fingerprint density at radius 1 is 1.48 bits per heavy atom. The summed E-state index contributed by atoms with van der Waals surface area (Å²) in [6.45, 7) is 7.87. The van der Waals surface area contributed by atoms with E-state index >= 15 is 0 Å². The molecule has 0 aromatic carbocycles. The predicted molar refractivity (Wildman–Crippen MR) is 89.0 cm³/mol. The van der Waals surface area contributed by atoms with Crippen LogP contribution in [0.5, 0.6) is 0 Å². The quantitative estimate of drug-likeness (QED) is 0.709. The van der Waals surface area contributed by atoms with Crippen molar-refractivity contribution in [3.63, 3.8) is 0 Å². The van der Waals surface area contributed by atoms with Gasteiger partial charge in [0.15, 0.2) is 0 Å². The molecular formula is C16H29N5O2. The fourth-order valence-corrected chi connectivity index (χ4v) is 2.98. The third-order valence-corrected chi connectivity index (χ3v) is 4.39. The summed E-state index contributed by atoms with van der Waals surface area (Å²) in [4.78, 5) is 18.8. The van der Waals surface area contributed by atoms with E-state index in [-0.39, 0.29) is 5.91 Å². The highest BCUT2D eigenvalue weighted by atomic mass is 16.5. The smallest absolute Gasteiger partial charge is 0.236 e. The summed E-state index contributed by atoms with van der Waals surface area (Å²) in [5.41, 5.74) is 1.06. The molecule has 0 saturated carbocycles. The Hall–Kier alpha value is -1.44. The van der Waals surface area contributed by atoms with Gasteiger partial charge in [-0.25, -0.2) is 0 Å². The highest BCUT2D eigenvalue weighted by Crippen LogP contribution is 2.10. The molecule has 130 valence electrons. The highest BCUT2D eigenvalue weighted by Gasteiger charge is 2.25. The van der Waals surface area contributed by atoms with Crippen LogP contribution < -0.4 is 0 Å². The minimum absolute atomic E-state index is 0.159. The lowest BCUT2D eigenvalue weighted by atomic mass is 10.2. The maximum Gasteiger partial charge on any atom is 0.236 e. The molecule has 7 heteroatoms. The monoisotopic (exact) mass is 323 g/mol. The Labute approximate surface area is 138 Å². The number of methoxy groups -OCH3 is 1. The molecule has 1 saturated heterocycles. The number of hydrogen-bond donors (Lipinski definition) is 0. The average molecular weight is 323 g/mol. The van der Waals surface area contributed by atoms with Gasteiger partial charge in [-0.3, -0.25) is 19.3 Å². The van der Waals surface area contributed by atoms with Crippen molar-refractivity contribution in [2.45, 2.75) is 19.5 Å². The van der Waals surface area contributed by atoms with Crippen LogP contribution in [0.4, 0.5) is 0 Å². The van der Waals surface area contributed by atoms with Crippen LogP contribution in [0.1, 0.15) is 12.5 Å². The van der Waals surface area contributed by atoms with Gasteiger partial charge < -0.3 is 9.64 Å². The molecule has 2 heterocycles. The molecule has 7 nitrogen and oxygen atoms in total. The van der Waals surface area contributed by atoms with Crippen LogP contribution in [0.25, 0.3) is 0 Å². The van der Waals surface area contributed by atoms with Crippen molar-refractivity contribution in [2.75, 3.05) is 53.5 Å². The number of carbonyl (C=O) groups excluding carboxylic acids is 1. The molecule has 0 bridgehead atoms. The number of nitrogens with zero attached hydrogens (tertiary/aromatic N) is 5. The second kappa shape index (κ2) is 8.42. The SMILES string of the molecule is COCCN1CCN(CC(=O)N(C)Cc2cnn(C)c2)CC1C. The minimum atomic E-state index is 0.159. The van der Waals surface area contributed by atoms with E-state index in [1.165, 1.54) is 0 Å². The molecule has 0 radical (unpaired) electrons. The van der Waals surface area contributed by atoms with Gasteiger partial charge in [0, 0.05) is 71.7 Å². The van der Waals surface area contributed by atoms with Crippen molar-refractivity contribution in [2.24, 2.45) is 7.05 Å². The third-order valence-electron chi connectivity index (χ3n) is 4.39. The van der Waals surface area contributed by atoms with Gasteiger partial charge in [0.1, 0.15) is 0 Å². The van der Waals surface area contributed by atoms with Crippen LogP contribution in [0.2, 0.25) is 0 Å². The fraction of sp³-hybridized carbons (Fsp3) is 0.750. The van der Waals surface area contributed by atoms with Crippen LogP contribution in [0.3, 0.4) is 0 Å². The van der Waals surface area contributed by atoms with Crippen LogP contribution in [-0.4, -0.2) is 89.9 Å². The van der Waals surface area contributed by atoms with Crippen molar-refractivity contribution < 1.29 is 9.53 Å². The molecule has 1 amide bonds. The Kier molecular flexibility index (Phi) is 6.56. The van der Waals surface area contributed by atoms with Crippen molar-refractivity contribution in [1.29, 1.82) is 0 Å². The molecule has 1 aromatic rings. The lowest BCUT2D eigenvalue weighted by Crippen LogP contribution is -2.54. The lowest BCUT2D eigenvalue weighted by Gasteiger charge is -2.39. The van der Waals surface area contributed by atoms with Crippen molar-refractivity contribution in [3.05, 3.63) is 18.0 Å². The topological polar surface area (TPSA) is 53.8 Å². The molecule has 1 aromatic heterocycles. The normalized spacial score (nSPS) is 19.9. The molecule has 1 fully saturated rings.